The first-order chi connectivity index (χ1) is 31.0. The third-order valence-corrected chi connectivity index (χ3v) is 13.0. The molecule has 64 heavy (non-hydrogen) atoms. The molecule has 1 unspecified atom stereocenters. The van der Waals surface area contributed by atoms with Gasteiger partial charge in [0, 0.05) is 86.1 Å². The summed E-state index contributed by atoms with van der Waals surface area (Å²) >= 11 is 0. The van der Waals surface area contributed by atoms with E-state index in [0.29, 0.717) is 55.8 Å². The zero-order chi connectivity index (χ0) is 44.4. The Morgan fingerprint density at radius 3 is 2.41 bits per heavy atom. The van der Waals surface area contributed by atoms with Crippen molar-refractivity contribution in [2.45, 2.75) is 76.1 Å². The average Bonchev–Trinajstić information content (AvgIpc) is 3.77. The van der Waals surface area contributed by atoms with Crippen LogP contribution in [-0.4, -0.2) is 104 Å². The smallest absolute Gasteiger partial charge is 0.278 e. The van der Waals surface area contributed by atoms with Gasteiger partial charge < -0.3 is 36.2 Å². The Hall–Kier alpha value is -6.24. The quantitative estimate of drug-likeness (QED) is 0.0584. The minimum atomic E-state index is -1.91. The molecule has 16 nitrogen and oxygen atoms in total. The Labute approximate surface area is 369 Å². The number of aliphatic hydroxyl groups is 1. The minimum Gasteiger partial charge on any atom is -0.384 e. The normalized spacial score (nSPS) is 20.5. The monoisotopic (exact) mass is 876 g/mol. The van der Waals surface area contributed by atoms with Crippen molar-refractivity contribution >= 4 is 51.5 Å². The Balaban J connectivity index is 0.720. The fraction of sp³-hybridized carbons (Fsp3) is 0.435. The molecule has 0 saturated carbocycles. The molecule has 3 aromatic heterocycles. The van der Waals surface area contributed by atoms with Gasteiger partial charge in [0.25, 0.3) is 11.6 Å². The van der Waals surface area contributed by atoms with Crippen LogP contribution in [0.5, 0.6) is 0 Å². The first-order valence-corrected chi connectivity index (χ1v) is 22.3. The summed E-state index contributed by atoms with van der Waals surface area (Å²) in [6.45, 7) is 8.44. The highest BCUT2D eigenvalue weighted by Gasteiger charge is 2.37. The van der Waals surface area contributed by atoms with E-state index in [1.807, 2.05) is 49.4 Å². The highest BCUT2D eigenvalue weighted by Crippen LogP contribution is 2.38. The summed E-state index contributed by atoms with van der Waals surface area (Å²) in [4.78, 5) is 55.8. The lowest BCUT2D eigenvalue weighted by molar-refractivity contribution is -0.133. The van der Waals surface area contributed by atoms with E-state index in [2.05, 4.69) is 58.5 Å². The van der Waals surface area contributed by atoms with Gasteiger partial charge in [-0.1, -0.05) is 13.0 Å². The van der Waals surface area contributed by atoms with Gasteiger partial charge in [-0.2, -0.15) is 13.8 Å². The molecular formula is C46H54F2N12O4. The van der Waals surface area contributed by atoms with Gasteiger partial charge in [-0.25, -0.2) is 19.3 Å². The number of halogens is 2. The van der Waals surface area contributed by atoms with E-state index in [4.69, 9.17) is 4.98 Å². The van der Waals surface area contributed by atoms with Crippen molar-refractivity contribution in [3.05, 3.63) is 101 Å². The number of rotatable bonds is 16. The van der Waals surface area contributed by atoms with Crippen LogP contribution in [0.4, 0.5) is 37.5 Å². The van der Waals surface area contributed by atoms with E-state index >= 15 is 0 Å². The number of nitrogens with one attached hydrogen (secondary N) is 5. The summed E-state index contributed by atoms with van der Waals surface area (Å²) in [6, 6.07) is 19.6. The lowest BCUT2D eigenvalue weighted by atomic mass is 9.96. The molecule has 3 fully saturated rings. The van der Waals surface area contributed by atoms with E-state index in [9.17, 15) is 28.3 Å². The lowest BCUT2D eigenvalue weighted by Gasteiger charge is -2.44. The number of anilines is 5. The molecular weight excluding hydrogens is 823 g/mol. The Morgan fingerprint density at radius 1 is 0.922 bits per heavy atom. The van der Waals surface area contributed by atoms with Gasteiger partial charge in [-0.05, 0) is 112 Å². The topological polar surface area (TPSA) is 187 Å². The minimum absolute atomic E-state index is 0.149. The van der Waals surface area contributed by atoms with Crippen LogP contribution in [0.1, 0.15) is 56.7 Å². The molecule has 2 atom stereocenters. The van der Waals surface area contributed by atoms with Crippen LogP contribution in [0.25, 0.3) is 16.9 Å². The molecule has 6 N–H and O–H groups in total. The summed E-state index contributed by atoms with van der Waals surface area (Å²) in [5, 5.41) is 27.4. The van der Waals surface area contributed by atoms with Gasteiger partial charge in [-0.15, -0.1) is 0 Å². The number of hydrogen-bond acceptors (Lipinski definition) is 13. The number of aryl methyl sites for hydroxylation is 1. The predicted molar refractivity (Wildman–Crippen MR) is 241 cm³/mol. The maximum absolute atomic E-state index is 13.5. The van der Waals surface area contributed by atoms with Crippen molar-refractivity contribution in [1.29, 1.82) is 0 Å². The molecule has 2 aromatic carbocycles. The van der Waals surface area contributed by atoms with Gasteiger partial charge in [0.05, 0.1) is 12.2 Å². The van der Waals surface area contributed by atoms with Gasteiger partial charge >= 0.3 is 0 Å². The molecule has 336 valence electrons. The van der Waals surface area contributed by atoms with Crippen LogP contribution in [0.3, 0.4) is 0 Å². The lowest BCUT2D eigenvalue weighted by Crippen LogP contribution is -2.53. The zero-order valence-electron chi connectivity index (χ0n) is 35.8. The van der Waals surface area contributed by atoms with Crippen LogP contribution >= 0.6 is 0 Å². The van der Waals surface area contributed by atoms with E-state index in [1.54, 1.807) is 6.07 Å². The largest absolute Gasteiger partial charge is 0.384 e. The van der Waals surface area contributed by atoms with Crippen LogP contribution in [-0.2, 0) is 28.2 Å². The van der Waals surface area contributed by atoms with Crippen LogP contribution < -0.4 is 37.0 Å². The predicted octanol–water partition coefficient (Wildman–Crippen LogP) is 4.86. The van der Waals surface area contributed by atoms with E-state index in [0.717, 1.165) is 86.0 Å². The number of benzene rings is 2. The van der Waals surface area contributed by atoms with Crippen molar-refractivity contribution in [2.24, 2.45) is 5.92 Å². The molecule has 0 radical (unpaired) electrons. The fourth-order valence-corrected chi connectivity index (χ4v) is 9.31. The maximum Gasteiger partial charge on any atom is 0.278 e. The Morgan fingerprint density at radius 2 is 1.67 bits per heavy atom. The molecule has 9 rings (SSSR count). The number of allylic oxidation sites excluding steroid dienone is 1. The number of imide groups is 1. The molecule has 3 saturated heterocycles. The van der Waals surface area contributed by atoms with E-state index < -0.39 is 23.8 Å². The molecule has 2 amide bonds. The summed E-state index contributed by atoms with van der Waals surface area (Å²) < 4.78 is 29.1. The highest BCUT2D eigenvalue weighted by atomic mass is 19.3. The first kappa shape index (κ1) is 43.0. The number of carbonyl (C=O) groups is 2. The number of aromatic nitrogens is 5. The molecule has 0 spiro atoms. The fourth-order valence-electron chi connectivity index (χ4n) is 9.31. The second kappa shape index (κ2) is 18.5. The first-order valence-electron chi connectivity index (χ1n) is 22.3. The van der Waals surface area contributed by atoms with Crippen molar-refractivity contribution < 1.29 is 23.5 Å². The third kappa shape index (κ3) is 9.35. The van der Waals surface area contributed by atoms with Crippen molar-refractivity contribution in [2.75, 3.05) is 66.7 Å². The number of nitrogens with zero attached hydrogens (tertiary/aromatic N) is 7. The Bertz CT molecular complexity index is 2580. The summed E-state index contributed by atoms with van der Waals surface area (Å²) in [7, 11) is 0. The number of carbonyl (C=O) groups excluding carboxylic acids is 2. The SMILES string of the molecule is CC[C@@]1(O)CCc2ccc(-n3c4nc(Nc5ccc(NCCNC6CCN(CC7CN(c8ccc(NC9CCC(=O)NC9=O)cc8)C7)CC6)cc5)ncc4c(=O)n3CC=C(F)F)nc21. The van der Waals surface area contributed by atoms with Gasteiger partial charge in [0.15, 0.2) is 11.5 Å². The van der Waals surface area contributed by atoms with Crippen LogP contribution in [0.15, 0.2) is 83.8 Å². The zero-order valence-corrected chi connectivity index (χ0v) is 35.8. The summed E-state index contributed by atoms with van der Waals surface area (Å²) in [5.41, 5.74) is 3.74. The molecule has 3 aliphatic heterocycles. The number of amides is 2. The van der Waals surface area contributed by atoms with E-state index in [1.165, 1.54) is 16.6 Å². The maximum atomic E-state index is 13.5. The van der Waals surface area contributed by atoms with Gasteiger partial charge in [0.1, 0.15) is 17.0 Å². The summed E-state index contributed by atoms with van der Waals surface area (Å²) in [5.74, 6) is 0.671. The van der Waals surface area contributed by atoms with Gasteiger partial charge in [0.2, 0.25) is 17.8 Å². The molecule has 1 aliphatic carbocycles. The molecule has 18 heteroatoms. The summed E-state index contributed by atoms with van der Waals surface area (Å²) in [6.07, 6.45) is 4.90. The molecule has 4 aliphatic rings. The highest BCUT2D eigenvalue weighted by molar-refractivity contribution is 6.01. The number of pyridine rings is 1. The Kier molecular flexibility index (Phi) is 12.4. The molecule has 5 aromatic rings. The number of likely N-dealkylation sites (tertiary alicyclic amines) is 1. The standard InChI is InChI=1S/C46H54F2N12O4/c1-2-46(64)19-15-30-3-13-39(54-41(30)46)60-42-36(44(63)59(60)24-18-38(47)48)25-51-45(56-42)53-34-6-4-31(5-7-34)49-20-21-50-32-16-22-57(23-17-32)26-29-27-58(28-29)35-10-8-33(9-11-35)52-37-12-14-40(61)55-43(37)62/h3-11,13,18,25,29,32,37,49-50,52,64H,2,12,14-17,19-24,26-28H2,1H3,(H,51,53,56)(H,55,61,62)/t37?,46-/m1/s1. The second-order valence-corrected chi connectivity index (χ2v) is 17.3. The van der Waals surface area contributed by atoms with Crippen LogP contribution in [0.2, 0.25) is 0 Å². The second-order valence-electron chi connectivity index (χ2n) is 17.3. The van der Waals surface area contributed by atoms with Crippen molar-refractivity contribution in [3.8, 4) is 5.82 Å². The molecule has 6 heterocycles. The number of piperidine rings is 2. The average molecular weight is 877 g/mol. The van der Waals surface area contributed by atoms with E-state index in [-0.39, 0.29) is 40.7 Å². The van der Waals surface area contributed by atoms with Crippen molar-refractivity contribution in [3.63, 3.8) is 0 Å². The molecule has 0 bridgehead atoms. The third-order valence-electron chi connectivity index (χ3n) is 13.0. The van der Waals surface area contributed by atoms with Gasteiger partial charge in [-0.3, -0.25) is 19.7 Å². The number of hydrogen-bond donors (Lipinski definition) is 6. The van der Waals surface area contributed by atoms with Crippen LogP contribution in [0, 0.1) is 5.92 Å². The van der Waals surface area contributed by atoms with Crippen molar-refractivity contribution in [1.82, 2.24) is 39.8 Å². The number of fused-ring (bicyclic) bond motifs is 2.